The number of hydrogen-bond acceptors (Lipinski definition) is 2. The van der Waals surface area contributed by atoms with Crippen molar-refractivity contribution in [2.24, 2.45) is 0 Å². The van der Waals surface area contributed by atoms with Crippen molar-refractivity contribution in [2.75, 3.05) is 13.6 Å². The van der Waals surface area contributed by atoms with Crippen molar-refractivity contribution in [3.63, 3.8) is 0 Å². The Morgan fingerprint density at radius 3 is 2.77 bits per heavy atom. The number of rotatable bonds is 3. The monoisotopic (exact) mass is 208 g/mol. The second-order valence-electron chi connectivity index (χ2n) is 3.77. The summed E-state index contributed by atoms with van der Waals surface area (Å²) in [5.74, 6) is 2.21. The van der Waals surface area contributed by atoms with E-state index in [1.165, 1.54) is 0 Å². The number of aliphatic hydroxyl groups is 1. The van der Waals surface area contributed by atoms with Crippen LogP contribution >= 0.6 is 0 Å². The molecule has 1 unspecified atom stereocenters. The van der Waals surface area contributed by atoms with Crippen LogP contribution in [-0.4, -0.2) is 32.4 Å². The highest BCUT2D eigenvalue weighted by atomic mass is 28.3. The smallest absolute Gasteiger partial charge is 0.147 e. The molecule has 0 fully saturated rings. The van der Waals surface area contributed by atoms with Gasteiger partial charge in [-0.25, -0.2) is 0 Å². The van der Waals surface area contributed by atoms with E-state index in [0.717, 1.165) is 0 Å². The van der Waals surface area contributed by atoms with E-state index in [0.29, 0.717) is 0 Å². The third-order valence-electron chi connectivity index (χ3n) is 1.13. The van der Waals surface area contributed by atoms with Gasteiger partial charge in [0.05, 0.1) is 10.7 Å². The minimum absolute atomic E-state index is 1.06. The molecule has 0 radical (unpaired) electrons. The second-order valence-corrected chi connectivity index (χ2v) is 8.52. The van der Waals surface area contributed by atoms with Crippen LogP contribution in [0.5, 0.6) is 0 Å². The molecule has 3 heteroatoms. The molecule has 0 bridgehead atoms. The molecule has 0 amide bonds. The molecule has 0 aliphatic rings. The van der Waals surface area contributed by atoms with E-state index < -0.39 is 40.5 Å². The van der Waals surface area contributed by atoms with Gasteiger partial charge < -0.3 is 9.84 Å². The van der Waals surface area contributed by atoms with Crippen LogP contribution in [0.1, 0.15) is 24.2 Å². The van der Waals surface area contributed by atoms with Crippen LogP contribution in [0.2, 0.25) is 19.6 Å². The molecule has 0 spiro atoms. The number of ether oxygens (including phenoxy) is 1. The SMILES string of the molecule is [2H]C([2H])([2H])OCC(O)(C#C[Si](C)(C)C)C([2H])([2H])C([2H])([2H])[2H]. The predicted molar refractivity (Wildman–Crippen MR) is 58.2 cm³/mol. The van der Waals surface area contributed by atoms with E-state index >= 15 is 0 Å². The molecule has 1 atom stereocenters. The van der Waals surface area contributed by atoms with E-state index in [9.17, 15) is 5.11 Å². The highest BCUT2D eigenvalue weighted by molar-refractivity contribution is 6.83. The van der Waals surface area contributed by atoms with Crippen molar-refractivity contribution in [1.29, 1.82) is 0 Å². The summed E-state index contributed by atoms with van der Waals surface area (Å²) in [6.07, 6.45) is -3.14. The Bertz CT molecular complexity index is 426. The van der Waals surface area contributed by atoms with Gasteiger partial charge in [0, 0.05) is 13.9 Å². The maximum absolute atomic E-state index is 10.3. The van der Waals surface area contributed by atoms with Gasteiger partial charge in [0.1, 0.15) is 13.7 Å². The quantitative estimate of drug-likeness (QED) is 0.564. The van der Waals surface area contributed by atoms with Gasteiger partial charge in [-0.3, -0.25) is 0 Å². The van der Waals surface area contributed by atoms with E-state index in [1.54, 1.807) is 0 Å². The third kappa shape index (κ3) is 5.86. The Kier molecular flexibility index (Phi) is 1.65. The minimum Gasteiger partial charge on any atom is -0.381 e. The molecule has 2 nitrogen and oxygen atoms in total. The fraction of sp³-hybridized carbons (Fsp3) is 0.800. The Balaban J connectivity index is 5.72. The van der Waals surface area contributed by atoms with Crippen molar-refractivity contribution in [3.8, 4) is 11.5 Å². The average Bonchev–Trinajstić information content (AvgIpc) is 2.19. The second kappa shape index (κ2) is 4.80. The van der Waals surface area contributed by atoms with Gasteiger partial charge >= 0.3 is 0 Å². The first kappa shape index (κ1) is 4.48. The first-order chi connectivity index (χ1) is 8.91. The summed E-state index contributed by atoms with van der Waals surface area (Å²) in [6.45, 7) is 1.20. The van der Waals surface area contributed by atoms with Gasteiger partial charge in [-0.1, -0.05) is 32.4 Å². The lowest BCUT2D eigenvalue weighted by molar-refractivity contribution is 0.0111. The molecule has 0 saturated heterocycles. The summed E-state index contributed by atoms with van der Waals surface area (Å²) in [5, 5.41) is 10.3. The van der Waals surface area contributed by atoms with Gasteiger partial charge in [0.2, 0.25) is 0 Å². The summed E-state index contributed by atoms with van der Waals surface area (Å²) in [5.41, 5.74) is -0.0810. The maximum atomic E-state index is 10.3. The highest BCUT2D eigenvalue weighted by Gasteiger charge is 2.22. The van der Waals surface area contributed by atoms with E-state index in [1.807, 2.05) is 19.6 Å². The van der Waals surface area contributed by atoms with Crippen LogP contribution in [0, 0.1) is 11.5 Å². The van der Waals surface area contributed by atoms with E-state index in [2.05, 4.69) is 16.2 Å². The van der Waals surface area contributed by atoms with Crippen LogP contribution < -0.4 is 0 Å². The average molecular weight is 208 g/mol. The van der Waals surface area contributed by atoms with Gasteiger partial charge in [0.25, 0.3) is 0 Å². The summed E-state index contributed by atoms with van der Waals surface area (Å²) >= 11 is 0. The molecule has 0 aromatic carbocycles. The highest BCUT2D eigenvalue weighted by Crippen LogP contribution is 2.09. The summed E-state index contributed by atoms with van der Waals surface area (Å²) in [7, 11) is -4.94. The lowest BCUT2D eigenvalue weighted by Gasteiger charge is -2.19. The number of methoxy groups -OCH3 is 1. The zero-order chi connectivity index (χ0) is 17.3. The van der Waals surface area contributed by atoms with Crippen LogP contribution in [0.15, 0.2) is 0 Å². The molecular formula is C10H20O2Si. The van der Waals surface area contributed by atoms with E-state index in [-0.39, 0.29) is 0 Å². The third-order valence-corrected chi connectivity index (χ3v) is 2.01. The molecule has 76 valence electrons. The van der Waals surface area contributed by atoms with Crippen molar-refractivity contribution < 1.29 is 20.8 Å². The number of hydrogen-bond donors (Lipinski definition) is 1. The molecule has 0 aliphatic carbocycles. The van der Waals surface area contributed by atoms with E-state index in [4.69, 9.17) is 11.0 Å². The Morgan fingerprint density at radius 1 is 1.62 bits per heavy atom. The predicted octanol–water partition coefficient (Wildman–Crippen LogP) is 1.65. The van der Waals surface area contributed by atoms with Crippen LogP contribution in [0.25, 0.3) is 0 Å². The molecular weight excluding hydrogens is 180 g/mol. The van der Waals surface area contributed by atoms with Crippen molar-refractivity contribution in [3.05, 3.63) is 0 Å². The molecule has 13 heavy (non-hydrogen) atoms. The topological polar surface area (TPSA) is 29.5 Å². The molecule has 0 aromatic rings. The first-order valence-electron chi connectivity index (χ1n) is 7.82. The summed E-state index contributed by atoms with van der Waals surface area (Å²) in [6, 6.07) is 0. The molecule has 0 heterocycles. The maximum Gasteiger partial charge on any atom is 0.147 e. The zero-order valence-electron chi connectivity index (χ0n) is 16.1. The van der Waals surface area contributed by atoms with Gasteiger partial charge in [-0.05, 0) is 6.37 Å². The molecule has 0 rings (SSSR count). The standard InChI is InChI=1S/C10H20O2Si/c1-6-10(11,9-12-2)7-8-13(3,4)5/h11H,6,9H2,1-5H3/i1D3,2D3,6D2. The fourth-order valence-electron chi connectivity index (χ4n) is 0.499. The normalized spacial score (nSPS) is 28.0. The Labute approximate surface area is 93.6 Å². The lowest BCUT2D eigenvalue weighted by atomic mass is 10.0. The fourth-order valence-corrected chi connectivity index (χ4v) is 1.08. The van der Waals surface area contributed by atoms with Gasteiger partial charge in [-0.15, -0.1) is 5.54 Å². The Morgan fingerprint density at radius 2 is 2.31 bits per heavy atom. The molecule has 0 saturated carbocycles. The first-order valence-corrected chi connectivity index (χ1v) is 7.32. The molecule has 0 aliphatic heterocycles. The lowest BCUT2D eigenvalue weighted by Crippen LogP contribution is -2.32. The Hall–Kier alpha value is -0.303. The van der Waals surface area contributed by atoms with Crippen molar-refractivity contribution in [1.82, 2.24) is 0 Å². The zero-order valence-corrected chi connectivity index (χ0v) is 9.06. The van der Waals surface area contributed by atoms with Gasteiger partial charge in [0.15, 0.2) is 0 Å². The molecule has 1 N–H and O–H groups in total. The summed E-state index contributed by atoms with van der Waals surface area (Å²) in [4.78, 5) is 0. The summed E-state index contributed by atoms with van der Waals surface area (Å²) < 4.78 is 62.1. The van der Waals surface area contributed by atoms with Crippen LogP contribution in [0.4, 0.5) is 0 Å². The van der Waals surface area contributed by atoms with Gasteiger partial charge in [-0.2, -0.15) is 0 Å². The largest absolute Gasteiger partial charge is 0.381 e. The van der Waals surface area contributed by atoms with Crippen LogP contribution in [0.3, 0.4) is 0 Å². The van der Waals surface area contributed by atoms with Crippen LogP contribution in [-0.2, 0) is 4.74 Å². The van der Waals surface area contributed by atoms with Crippen molar-refractivity contribution in [2.45, 2.75) is 38.5 Å². The minimum atomic E-state index is -3.19. The molecule has 0 aromatic heterocycles. The van der Waals surface area contributed by atoms with Crippen molar-refractivity contribution >= 4 is 8.07 Å².